The van der Waals surface area contributed by atoms with Crippen molar-refractivity contribution in [2.24, 2.45) is 0 Å². The molecule has 0 aliphatic carbocycles. The summed E-state index contributed by atoms with van der Waals surface area (Å²) in [5.41, 5.74) is 7.29. The highest BCUT2D eigenvalue weighted by atomic mass is 32.1. The fraction of sp³-hybridized carbons (Fsp3) is 0.143. The molecule has 98 valence electrons. The van der Waals surface area contributed by atoms with Crippen molar-refractivity contribution in [2.75, 3.05) is 0 Å². The van der Waals surface area contributed by atoms with Crippen LogP contribution in [0, 0.1) is 13.8 Å². The Hall–Kier alpha value is -2.14. The number of amides is 2. The average molecular weight is 274 g/mol. The Morgan fingerprint density at radius 1 is 0.947 bits per heavy atom. The number of carbonyl (C=O) groups is 2. The lowest BCUT2D eigenvalue weighted by Gasteiger charge is -2.07. The normalized spacial score (nSPS) is 10.0. The van der Waals surface area contributed by atoms with Crippen LogP contribution in [0.15, 0.2) is 35.7 Å². The second-order valence-corrected chi connectivity index (χ2v) is 5.12. The topological polar surface area (TPSA) is 58.2 Å². The number of benzene rings is 1. The largest absolute Gasteiger partial charge is 0.280 e. The van der Waals surface area contributed by atoms with Gasteiger partial charge in [-0.25, -0.2) is 0 Å². The molecule has 5 heteroatoms. The van der Waals surface area contributed by atoms with Gasteiger partial charge in [-0.1, -0.05) is 17.7 Å². The van der Waals surface area contributed by atoms with Crippen molar-refractivity contribution in [1.82, 2.24) is 10.9 Å². The van der Waals surface area contributed by atoms with Crippen LogP contribution in [0.3, 0.4) is 0 Å². The zero-order valence-corrected chi connectivity index (χ0v) is 11.5. The summed E-state index contributed by atoms with van der Waals surface area (Å²) in [5, 5.41) is 1.84. The highest BCUT2D eigenvalue weighted by Crippen LogP contribution is 2.14. The third-order valence-corrected chi connectivity index (χ3v) is 3.69. The molecule has 0 radical (unpaired) electrons. The van der Waals surface area contributed by atoms with E-state index in [2.05, 4.69) is 10.9 Å². The molecule has 2 N–H and O–H groups in total. The first kappa shape index (κ1) is 13.3. The standard InChI is InChI=1S/C14H14N2O2S/c1-9-3-5-11(6-4-9)13(17)15-16-14(18)12-10(2)7-8-19-12/h3-8H,1-2H3,(H,15,17)(H,16,18). The molecule has 0 bridgehead atoms. The first-order chi connectivity index (χ1) is 9.08. The van der Waals surface area contributed by atoms with Crippen LogP contribution in [-0.2, 0) is 0 Å². The summed E-state index contributed by atoms with van der Waals surface area (Å²) in [5.74, 6) is -0.629. The molecule has 1 aromatic heterocycles. The smallest absolute Gasteiger partial charge is 0.267 e. The lowest BCUT2D eigenvalue weighted by atomic mass is 10.1. The van der Waals surface area contributed by atoms with Gasteiger partial charge >= 0.3 is 0 Å². The average Bonchev–Trinajstić information content (AvgIpc) is 2.83. The van der Waals surface area contributed by atoms with Gasteiger partial charge in [0.1, 0.15) is 0 Å². The monoisotopic (exact) mass is 274 g/mol. The Morgan fingerprint density at radius 3 is 2.16 bits per heavy atom. The van der Waals surface area contributed by atoms with E-state index in [4.69, 9.17) is 0 Å². The molecule has 0 aliphatic heterocycles. The van der Waals surface area contributed by atoms with Crippen molar-refractivity contribution in [3.8, 4) is 0 Å². The van der Waals surface area contributed by atoms with Crippen LogP contribution in [0.5, 0.6) is 0 Å². The summed E-state index contributed by atoms with van der Waals surface area (Å²) in [6.07, 6.45) is 0. The van der Waals surface area contributed by atoms with Gasteiger partial charge < -0.3 is 0 Å². The van der Waals surface area contributed by atoms with Crippen molar-refractivity contribution in [3.63, 3.8) is 0 Å². The van der Waals surface area contributed by atoms with Gasteiger partial charge in [-0.05, 0) is 43.0 Å². The van der Waals surface area contributed by atoms with Gasteiger partial charge in [0.15, 0.2) is 0 Å². The molecular weight excluding hydrogens is 260 g/mol. The Kier molecular flexibility index (Phi) is 3.97. The number of aryl methyl sites for hydroxylation is 2. The number of carbonyl (C=O) groups excluding carboxylic acids is 2. The molecule has 19 heavy (non-hydrogen) atoms. The second-order valence-electron chi connectivity index (χ2n) is 4.21. The van der Waals surface area contributed by atoms with Gasteiger partial charge in [0, 0.05) is 5.56 Å². The maximum absolute atomic E-state index is 11.8. The number of nitrogens with one attached hydrogen (secondary N) is 2. The zero-order valence-electron chi connectivity index (χ0n) is 10.7. The molecule has 0 saturated carbocycles. The fourth-order valence-corrected chi connectivity index (χ4v) is 2.37. The molecule has 0 spiro atoms. The number of hydrogen-bond acceptors (Lipinski definition) is 3. The molecule has 0 atom stereocenters. The molecule has 0 unspecified atom stereocenters. The quantitative estimate of drug-likeness (QED) is 0.826. The summed E-state index contributed by atoms with van der Waals surface area (Å²) in [7, 11) is 0. The van der Waals surface area contributed by atoms with Crippen LogP contribution in [0.1, 0.15) is 31.2 Å². The van der Waals surface area contributed by atoms with Gasteiger partial charge in [-0.15, -0.1) is 11.3 Å². The molecule has 4 nitrogen and oxygen atoms in total. The zero-order chi connectivity index (χ0) is 13.8. The number of hydrazine groups is 1. The van der Waals surface area contributed by atoms with Gasteiger partial charge in [0.25, 0.3) is 11.8 Å². The Morgan fingerprint density at radius 2 is 1.58 bits per heavy atom. The fourth-order valence-electron chi connectivity index (χ4n) is 1.55. The molecular formula is C14H14N2O2S. The van der Waals surface area contributed by atoms with E-state index >= 15 is 0 Å². The Bertz CT molecular complexity index is 602. The van der Waals surface area contributed by atoms with E-state index in [1.807, 2.05) is 37.4 Å². The summed E-state index contributed by atoms with van der Waals surface area (Å²) in [6, 6.07) is 8.99. The van der Waals surface area contributed by atoms with Crippen molar-refractivity contribution in [2.45, 2.75) is 13.8 Å². The molecule has 0 saturated heterocycles. The van der Waals surface area contributed by atoms with Gasteiger partial charge in [0.05, 0.1) is 4.88 Å². The maximum atomic E-state index is 11.8. The van der Waals surface area contributed by atoms with Crippen molar-refractivity contribution in [1.29, 1.82) is 0 Å². The van der Waals surface area contributed by atoms with Crippen LogP contribution in [-0.4, -0.2) is 11.8 Å². The third-order valence-electron chi connectivity index (χ3n) is 2.67. The lowest BCUT2D eigenvalue weighted by Crippen LogP contribution is -2.41. The maximum Gasteiger partial charge on any atom is 0.280 e. The molecule has 0 fully saturated rings. The predicted molar refractivity (Wildman–Crippen MR) is 75.2 cm³/mol. The van der Waals surface area contributed by atoms with E-state index < -0.39 is 0 Å². The van der Waals surface area contributed by atoms with E-state index in [0.29, 0.717) is 10.4 Å². The summed E-state index contributed by atoms with van der Waals surface area (Å²) in [4.78, 5) is 24.2. The van der Waals surface area contributed by atoms with Crippen molar-refractivity contribution in [3.05, 3.63) is 57.3 Å². The van der Waals surface area contributed by atoms with Crippen molar-refractivity contribution >= 4 is 23.2 Å². The Labute approximate surface area is 115 Å². The third kappa shape index (κ3) is 3.20. The lowest BCUT2D eigenvalue weighted by molar-refractivity contribution is 0.0848. The van der Waals surface area contributed by atoms with Crippen LogP contribution >= 0.6 is 11.3 Å². The van der Waals surface area contributed by atoms with E-state index in [1.54, 1.807) is 12.1 Å². The van der Waals surface area contributed by atoms with Gasteiger partial charge in [0.2, 0.25) is 0 Å². The summed E-state index contributed by atoms with van der Waals surface area (Å²) >= 11 is 1.34. The van der Waals surface area contributed by atoms with Gasteiger partial charge in [-0.3, -0.25) is 20.4 Å². The molecule has 1 heterocycles. The molecule has 2 amide bonds. The van der Waals surface area contributed by atoms with E-state index in [-0.39, 0.29) is 11.8 Å². The second kappa shape index (κ2) is 5.67. The SMILES string of the molecule is Cc1ccc(C(=O)NNC(=O)c2sccc2C)cc1. The molecule has 2 aromatic rings. The summed E-state index contributed by atoms with van der Waals surface area (Å²) in [6.45, 7) is 3.80. The van der Waals surface area contributed by atoms with Crippen molar-refractivity contribution < 1.29 is 9.59 Å². The predicted octanol–water partition coefficient (Wildman–Crippen LogP) is 2.44. The minimum absolute atomic E-state index is 0.298. The first-order valence-electron chi connectivity index (χ1n) is 5.79. The van der Waals surface area contributed by atoms with Crippen LogP contribution in [0.4, 0.5) is 0 Å². The van der Waals surface area contributed by atoms with E-state index in [0.717, 1.165) is 11.1 Å². The molecule has 1 aromatic carbocycles. The minimum atomic E-state index is -0.331. The minimum Gasteiger partial charge on any atom is -0.267 e. The van der Waals surface area contributed by atoms with Gasteiger partial charge in [-0.2, -0.15) is 0 Å². The molecule has 2 rings (SSSR count). The molecule has 0 aliphatic rings. The summed E-state index contributed by atoms with van der Waals surface area (Å²) < 4.78 is 0. The number of rotatable bonds is 2. The van der Waals surface area contributed by atoms with E-state index in [1.165, 1.54) is 11.3 Å². The number of thiophene rings is 1. The van der Waals surface area contributed by atoms with Crippen LogP contribution in [0.2, 0.25) is 0 Å². The highest BCUT2D eigenvalue weighted by molar-refractivity contribution is 7.12. The Balaban J connectivity index is 1.96. The van der Waals surface area contributed by atoms with Crippen LogP contribution < -0.4 is 10.9 Å². The highest BCUT2D eigenvalue weighted by Gasteiger charge is 2.11. The van der Waals surface area contributed by atoms with E-state index in [9.17, 15) is 9.59 Å². The number of hydrogen-bond donors (Lipinski definition) is 2. The van der Waals surface area contributed by atoms with Crippen LogP contribution in [0.25, 0.3) is 0 Å². The first-order valence-corrected chi connectivity index (χ1v) is 6.67.